The van der Waals surface area contributed by atoms with Crippen LogP contribution in [0.5, 0.6) is 0 Å². The molecule has 2 saturated carbocycles. The number of esters is 1. The van der Waals surface area contributed by atoms with Crippen LogP contribution in [0.1, 0.15) is 61.6 Å². The molecule has 0 aliphatic heterocycles. The number of ether oxygens (including phenoxy) is 1. The molecule has 0 amide bonds. The van der Waals surface area contributed by atoms with Crippen molar-refractivity contribution in [3.8, 4) is 0 Å². The summed E-state index contributed by atoms with van der Waals surface area (Å²) in [7, 11) is 0. The van der Waals surface area contributed by atoms with Gasteiger partial charge in [-0.15, -0.1) is 11.3 Å². The van der Waals surface area contributed by atoms with Crippen LogP contribution in [-0.4, -0.2) is 16.7 Å². The normalized spacial score (nSPS) is 20.7. The molecule has 2 aliphatic rings. The second-order valence-electron chi connectivity index (χ2n) is 5.76. The third-order valence-electron chi connectivity index (χ3n) is 4.17. The Hall–Kier alpha value is -1.23. The van der Waals surface area contributed by atoms with Crippen molar-refractivity contribution < 1.29 is 14.3 Å². The maximum atomic E-state index is 11.7. The van der Waals surface area contributed by atoms with Gasteiger partial charge in [0.15, 0.2) is 0 Å². The van der Waals surface area contributed by atoms with Gasteiger partial charge in [0.05, 0.1) is 16.6 Å². The van der Waals surface area contributed by atoms with Crippen LogP contribution in [0.4, 0.5) is 0 Å². The molecule has 0 spiro atoms. The maximum absolute atomic E-state index is 11.7. The van der Waals surface area contributed by atoms with Crippen LogP contribution in [0.25, 0.3) is 0 Å². The van der Waals surface area contributed by atoms with Crippen LogP contribution >= 0.6 is 11.3 Å². The fourth-order valence-corrected chi connectivity index (χ4v) is 3.82. The Morgan fingerprint density at radius 1 is 1.30 bits per heavy atom. The average molecular weight is 293 g/mol. The lowest BCUT2D eigenvalue weighted by molar-refractivity contribution is -0.156. The van der Waals surface area contributed by atoms with E-state index >= 15 is 0 Å². The molecule has 3 rings (SSSR count). The van der Waals surface area contributed by atoms with Gasteiger partial charge >= 0.3 is 5.97 Å². The highest BCUT2D eigenvalue weighted by atomic mass is 32.1. The summed E-state index contributed by atoms with van der Waals surface area (Å²) in [5.74, 6) is 0.290. The van der Waals surface area contributed by atoms with E-state index in [0.29, 0.717) is 18.8 Å². The van der Waals surface area contributed by atoms with Gasteiger partial charge in [0.1, 0.15) is 12.4 Å². The molecule has 0 N–H and O–H groups in total. The van der Waals surface area contributed by atoms with Gasteiger partial charge in [0.25, 0.3) is 0 Å². The lowest BCUT2D eigenvalue weighted by Crippen LogP contribution is -2.31. The molecule has 1 aromatic heterocycles. The number of hydrogen-bond donors (Lipinski definition) is 0. The molecule has 0 aromatic carbocycles. The minimum absolute atomic E-state index is 0.153. The zero-order valence-corrected chi connectivity index (χ0v) is 12.3. The number of carbonyl (C=O) groups excluding carboxylic acids is 2. The quantitative estimate of drug-likeness (QED) is 0.800. The fraction of sp³-hybridized carbons (Fsp3) is 0.667. The van der Waals surface area contributed by atoms with Crippen molar-refractivity contribution in [2.45, 2.75) is 57.5 Å². The van der Waals surface area contributed by atoms with Crippen LogP contribution in [0.2, 0.25) is 0 Å². The number of aromatic nitrogens is 1. The molecular weight excluding hydrogens is 274 g/mol. The Morgan fingerprint density at radius 2 is 2.05 bits per heavy atom. The third kappa shape index (κ3) is 3.08. The van der Waals surface area contributed by atoms with Crippen molar-refractivity contribution in [3.63, 3.8) is 0 Å². The Bertz CT molecular complexity index is 497. The zero-order valence-electron chi connectivity index (χ0n) is 11.5. The van der Waals surface area contributed by atoms with E-state index < -0.39 is 0 Å². The summed E-state index contributed by atoms with van der Waals surface area (Å²) < 4.78 is 5.23. The largest absolute Gasteiger partial charge is 0.459 e. The van der Waals surface area contributed by atoms with Crippen molar-refractivity contribution in [1.82, 2.24) is 4.98 Å². The topological polar surface area (TPSA) is 56.3 Å². The van der Waals surface area contributed by atoms with Crippen molar-refractivity contribution in [2.24, 2.45) is 5.92 Å². The second kappa shape index (κ2) is 6.04. The molecule has 20 heavy (non-hydrogen) atoms. The molecule has 1 aromatic rings. The van der Waals surface area contributed by atoms with E-state index in [1.54, 1.807) is 11.3 Å². The summed E-state index contributed by atoms with van der Waals surface area (Å²) in [6.07, 6.45) is 7.10. The minimum atomic E-state index is -0.253. The first kappa shape index (κ1) is 13.7. The highest BCUT2D eigenvalue weighted by Crippen LogP contribution is 2.34. The molecule has 0 saturated heterocycles. The van der Waals surface area contributed by atoms with Crippen molar-refractivity contribution >= 4 is 23.1 Å². The third-order valence-corrected chi connectivity index (χ3v) is 5.22. The molecule has 2 aliphatic carbocycles. The van der Waals surface area contributed by atoms with Gasteiger partial charge in [-0.3, -0.25) is 9.59 Å². The maximum Gasteiger partial charge on any atom is 0.310 e. The first-order chi connectivity index (χ1) is 9.72. The van der Waals surface area contributed by atoms with E-state index in [1.807, 2.05) is 5.38 Å². The summed E-state index contributed by atoms with van der Waals surface area (Å²) in [6, 6.07) is 0. The number of thiazole rings is 1. The molecule has 108 valence electrons. The van der Waals surface area contributed by atoms with E-state index in [9.17, 15) is 9.59 Å². The summed E-state index contributed by atoms with van der Waals surface area (Å²) in [5.41, 5.74) is 0.842. The molecule has 0 unspecified atom stereocenters. The Balaban J connectivity index is 1.49. The van der Waals surface area contributed by atoms with Crippen LogP contribution < -0.4 is 0 Å². The van der Waals surface area contributed by atoms with Crippen molar-refractivity contribution in [3.05, 3.63) is 16.1 Å². The second-order valence-corrected chi connectivity index (χ2v) is 6.65. The number of carbonyl (C=O) groups is 2. The number of hydrogen-bond acceptors (Lipinski definition) is 5. The van der Waals surface area contributed by atoms with Crippen LogP contribution in [0.15, 0.2) is 5.38 Å². The number of ketones is 1. The number of Topliss-reactive ketones (excluding diaryl/α,β-unsaturated/α-hetero) is 1. The van der Waals surface area contributed by atoms with Gasteiger partial charge in [0, 0.05) is 24.1 Å². The van der Waals surface area contributed by atoms with E-state index in [2.05, 4.69) is 4.98 Å². The van der Waals surface area contributed by atoms with Crippen LogP contribution in [0, 0.1) is 5.92 Å². The summed E-state index contributed by atoms with van der Waals surface area (Å²) in [5, 5.41) is 3.18. The van der Waals surface area contributed by atoms with Gasteiger partial charge in [-0.05, 0) is 12.8 Å². The van der Waals surface area contributed by atoms with E-state index in [0.717, 1.165) is 5.69 Å². The minimum Gasteiger partial charge on any atom is -0.459 e. The lowest BCUT2D eigenvalue weighted by atomic mass is 9.84. The molecule has 2 fully saturated rings. The molecule has 0 radical (unpaired) electrons. The van der Waals surface area contributed by atoms with Gasteiger partial charge in [-0.25, -0.2) is 4.98 Å². The van der Waals surface area contributed by atoms with Crippen molar-refractivity contribution in [2.75, 3.05) is 0 Å². The highest BCUT2D eigenvalue weighted by molar-refractivity contribution is 7.09. The van der Waals surface area contributed by atoms with Crippen LogP contribution in [0.3, 0.4) is 0 Å². The number of rotatable bonds is 4. The molecule has 4 nitrogen and oxygen atoms in total. The summed E-state index contributed by atoms with van der Waals surface area (Å²) >= 11 is 1.68. The first-order valence-electron chi connectivity index (χ1n) is 7.35. The standard InChI is InChI=1S/C15H19NO3S/c17-13-6-11(7-13)15(18)19-8-12-9-20-14(16-12)10-4-2-1-3-5-10/h9-11H,1-8H2. The van der Waals surface area contributed by atoms with E-state index in [1.165, 1.54) is 37.1 Å². The van der Waals surface area contributed by atoms with Gasteiger partial charge in [0.2, 0.25) is 0 Å². The molecule has 5 heteroatoms. The highest BCUT2D eigenvalue weighted by Gasteiger charge is 2.34. The SMILES string of the molecule is O=C1CC(C(=O)OCc2csc(C3CCCCC3)n2)C1. The summed E-state index contributed by atoms with van der Waals surface area (Å²) in [4.78, 5) is 27.1. The Kier molecular flexibility index (Phi) is 4.15. The van der Waals surface area contributed by atoms with E-state index in [4.69, 9.17) is 4.74 Å². The molecule has 0 bridgehead atoms. The predicted molar refractivity (Wildman–Crippen MR) is 75.5 cm³/mol. The number of nitrogens with zero attached hydrogens (tertiary/aromatic N) is 1. The van der Waals surface area contributed by atoms with Gasteiger partial charge in [-0.2, -0.15) is 0 Å². The monoisotopic (exact) mass is 293 g/mol. The summed E-state index contributed by atoms with van der Waals surface area (Å²) in [6.45, 7) is 0.243. The van der Waals surface area contributed by atoms with Crippen LogP contribution in [-0.2, 0) is 20.9 Å². The average Bonchev–Trinajstić information content (AvgIpc) is 2.91. The molecule has 1 heterocycles. The smallest absolute Gasteiger partial charge is 0.310 e. The molecular formula is C15H19NO3S. The van der Waals surface area contributed by atoms with Gasteiger partial charge in [-0.1, -0.05) is 19.3 Å². The lowest BCUT2D eigenvalue weighted by Gasteiger charge is -2.21. The first-order valence-corrected chi connectivity index (χ1v) is 8.23. The van der Waals surface area contributed by atoms with E-state index in [-0.39, 0.29) is 24.3 Å². The zero-order chi connectivity index (χ0) is 13.9. The Morgan fingerprint density at radius 3 is 2.75 bits per heavy atom. The van der Waals surface area contributed by atoms with Gasteiger partial charge < -0.3 is 4.74 Å². The fourth-order valence-electron chi connectivity index (χ4n) is 2.85. The molecule has 0 atom stereocenters. The predicted octanol–water partition coefficient (Wildman–Crippen LogP) is 3.21. The van der Waals surface area contributed by atoms with Crippen molar-refractivity contribution in [1.29, 1.82) is 0 Å². The Labute approximate surface area is 122 Å².